The van der Waals surface area contributed by atoms with Crippen molar-refractivity contribution in [2.45, 2.75) is 50.5 Å². The van der Waals surface area contributed by atoms with E-state index in [1.165, 1.54) is 6.26 Å². The first-order valence-corrected chi connectivity index (χ1v) is 7.32. The number of fused-ring (bicyclic) bond motifs is 1. The van der Waals surface area contributed by atoms with Crippen molar-refractivity contribution in [2.75, 3.05) is 6.61 Å². The van der Waals surface area contributed by atoms with Crippen LogP contribution in [0.1, 0.15) is 32.1 Å². The number of ether oxygens (including phenoxy) is 4. The predicted octanol–water partition coefficient (Wildman–Crippen LogP) is 2.27. The van der Waals surface area contributed by atoms with Gasteiger partial charge in [0.2, 0.25) is 12.3 Å². The van der Waals surface area contributed by atoms with Gasteiger partial charge in [0, 0.05) is 35.8 Å². The van der Waals surface area contributed by atoms with E-state index in [0.717, 1.165) is 5.57 Å². The third-order valence-electron chi connectivity index (χ3n) is 4.06. The van der Waals surface area contributed by atoms with E-state index in [4.69, 9.17) is 18.9 Å². The van der Waals surface area contributed by atoms with E-state index in [1.54, 1.807) is 6.08 Å². The zero-order valence-corrected chi connectivity index (χ0v) is 11.9. The number of carbonyl (C=O) groups excluding carboxylic acids is 1. The zero-order valence-electron chi connectivity index (χ0n) is 11.9. The second-order valence-electron chi connectivity index (χ2n) is 5.47. The molecule has 0 N–H and O–H groups in total. The molecule has 120 valence electrons. The smallest absolute Gasteiger partial charge is 0.468 e. The number of allylic oxidation sites excluding steroid dienone is 1. The van der Waals surface area contributed by atoms with E-state index >= 15 is 0 Å². The number of carbonyl (C=O) groups is 1. The molecule has 2 fully saturated rings. The van der Waals surface area contributed by atoms with Crippen molar-refractivity contribution in [3.63, 3.8) is 0 Å². The van der Waals surface area contributed by atoms with Crippen molar-refractivity contribution in [3.8, 4) is 0 Å². The molecule has 22 heavy (non-hydrogen) atoms. The minimum absolute atomic E-state index is 0.270. The van der Waals surface area contributed by atoms with Gasteiger partial charge in [-0.1, -0.05) is 0 Å². The Kier molecular flexibility index (Phi) is 4.28. The van der Waals surface area contributed by atoms with Gasteiger partial charge in [0.1, 0.15) is 11.9 Å². The van der Waals surface area contributed by atoms with Crippen LogP contribution < -0.4 is 0 Å². The van der Waals surface area contributed by atoms with Crippen LogP contribution in [-0.4, -0.2) is 36.1 Å². The normalized spacial score (nSPS) is 30.5. The van der Waals surface area contributed by atoms with Gasteiger partial charge < -0.3 is 18.9 Å². The first-order valence-electron chi connectivity index (χ1n) is 7.32. The summed E-state index contributed by atoms with van der Waals surface area (Å²) in [7, 11) is 0. The number of rotatable bonds is 3. The highest BCUT2D eigenvalue weighted by atomic mass is 16.7. The Labute approximate surface area is 126 Å². The molecule has 2 heterocycles. The summed E-state index contributed by atoms with van der Waals surface area (Å²) in [4.78, 5) is 22.3. The molecule has 1 saturated heterocycles. The number of hydrogen-bond donors (Lipinski definition) is 0. The van der Waals surface area contributed by atoms with E-state index in [0.29, 0.717) is 44.5 Å². The molecule has 0 aromatic carbocycles. The molecule has 1 atom stereocenters. The molecule has 0 amide bonds. The maximum atomic E-state index is 11.9. The van der Waals surface area contributed by atoms with Crippen molar-refractivity contribution in [2.24, 2.45) is 0 Å². The molecule has 0 unspecified atom stereocenters. The van der Waals surface area contributed by atoms with Crippen molar-refractivity contribution < 1.29 is 28.7 Å². The molecule has 2 aliphatic heterocycles. The molecule has 0 radical (unpaired) electrons. The molecule has 3 aliphatic rings. The van der Waals surface area contributed by atoms with E-state index in [9.17, 15) is 14.9 Å². The minimum Gasteiger partial charge on any atom is -0.468 e. The minimum atomic E-state index is -0.788. The van der Waals surface area contributed by atoms with Gasteiger partial charge >= 0.3 is 6.16 Å². The summed E-state index contributed by atoms with van der Waals surface area (Å²) < 4.78 is 21.0. The first-order chi connectivity index (χ1) is 10.6. The monoisotopic (exact) mass is 311 g/mol. The lowest BCUT2D eigenvalue weighted by atomic mass is 9.93. The average Bonchev–Trinajstić information content (AvgIpc) is 2.97. The fraction of sp³-hybridized carbons (Fsp3) is 0.643. The van der Waals surface area contributed by atoms with Crippen LogP contribution in [0.2, 0.25) is 0 Å². The molecule has 8 heteroatoms. The number of nitro groups is 1. The highest BCUT2D eigenvalue weighted by Crippen LogP contribution is 2.30. The SMILES string of the molecule is O=C(OC1=C2CCO[C@H]2OC=C1)OC1CCC([N+](=O)[O-])CC1. The molecule has 0 spiro atoms. The Morgan fingerprint density at radius 1 is 1.32 bits per heavy atom. The zero-order chi connectivity index (χ0) is 15.5. The predicted molar refractivity (Wildman–Crippen MR) is 72.2 cm³/mol. The lowest BCUT2D eigenvalue weighted by molar-refractivity contribution is -0.527. The van der Waals surface area contributed by atoms with Gasteiger partial charge in [-0.05, 0) is 12.8 Å². The summed E-state index contributed by atoms with van der Waals surface area (Å²) in [6, 6.07) is -0.532. The topological polar surface area (TPSA) is 97.1 Å². The summed E-state index contributed by atoms with van der Waals surface area (Å²) in [5.41, 5.74) is 0.788. The summed E-state index contributed by atoms with van der Waals surface area (Å²) in [5.74, 6) is 0.401. The van der Waals surface area contributed by atoms with Crippen LogP contribution in [0, 0.1) is 10.1 Å². The lowest BCUT2D eigenvalue weighted by Gasteiger charge is -2.24. The summed E-state index contributed by atoms with van der Waals surface area (Å²) in [6.45, 7) is 0.522. The first kappa shape index (κ1) is 14.8. The third-order valence-corrected chi connectivity index (χ3v) is 4.06. The molecule has 3 rings (SSSR count). The van der Waals surface area contributed by atoms with Crippen molar-refractivity contribution in [1.82, 2.24) is 0 Å². The van der Waals surface area contributed by atoms with E-state index in [2.05, 4.69) is 0 Å². The quantitative estimate of drug-likeness (QED) is 0.448. The Morgan fingerprint density at radius 2 is 2.09 bits per heavy atom. The van der Waals surface area contributed by atoms with Crippen LogP contribution in [0.25, 0.3) is 0 Å². The summed E-state index contributed by atoms with van der Waals surface area (Å²) in [6.07, 6.45) is 3.84. The molecule has 1 aliphatic carbocycles. The van der Waals surface area contributed by atoms with Crippen LogP contribution in [0.5, 0.6) is 0 Å². The van der Waals surface area contributed by atoms with Gasteiger partial charge in [0.05, 0.1) is 12.9 Å². The Hall–Kier alpha value is -2.09. The van der Waals surface area contributed by atoms with Crippen molar-refractivity contribution in [1.29, 1.82) is 0 Å². The number of hydrogen-bond acceptors (Lipinski definition) is 7. The fourth-order valence-corrected chi connectivity index (χ4v) is 2.86. The second-order valence-corrected chi connectivity index (χ2v) is 5.47. The van der Waals surface area contributed by atoms with Crippen LogP contribution in [0.3, 0.4) is 0 Å². The van der Waals surface area contributed by atoms with Gasteiger partial charge in [-0.25, -0.2) is 4.79 Å². The van der Waals surface area contributed by atoms with Gasteiger partial charge in [-0.2, -0.15) is 0 Å². The summed E-state index contributed by atoms with van der Waals surface area (Å²) in [5, 5.41) is 10.7. The van der Waals surface area contributed by atoms with Gasteiger partial charge in [-0.15, -0.1) is 0 Å². The van der Waals surface area contributed by atoms with Crippen LogP contribution in [0.4, 0.5) is 4.79 Å². The highest BCUT2D eigenvalue weighted by Gasteiger charge is 2.32. The van der Waals surface area contributed by atoms with E-state index in [1.807, 2.05) is 0 Å². The van der Waals surface area contributed by atoms with Crippen LogP contribution >= 0.6 is 0 Å². The molecular formula is C14H17NO7. The molecule has 1 saturated carbocycles. The highest BCUT2D eigenvalue weighted by molar-refractivity contribution is 5.62. The average molecular weight is 311 g/mol. The Balaban J connectivity index is 1.51. The Morgan fingerprint density at radius 3 is 2.82 bits per heavy atom. The summed E-state index contributed by atoms with van der Waals surface area (Å²) >= 11 is 0. The lowest BCUT2D eigenvalue weighted by Crippen LogP contribution is -2.31. The second kappa shape index (κ2) is 6.35. The fourth-order valence-electron chi connectivity index (χ4n) is 2.86. The van der Waals surface area contributed by atoms with E-state index in [-0.39, 0.29) is 11.0 Å². The molecule has 0 aromatic rings. The molecular weight excluding hydrogens is 294 g/mol. The number of nitrogens with zero attached hydrogens (tertiary/aromatic N) is 1. The van der Waals surface area contributed by atoms with Crippen LogP contribution in [-0.2, 0) is 18.9 Å². The third kappa shape index (κ3) is 3.22. The molecule has 0 bridgehead atoms. The van der Waals surface area contributed by atoms with Gasteiger partial charge in [-0.3, -0.25) is 10.1 Å². The maximum absolute atomic E-state index is 11.9. The van der Waals surface area contributed by atoms with Crippen molar-refractivity contribution >= 4 is 6.16 Å². The molecule has 0 aromatic heterocycles. The van der Waals surface area contributed by atoms with Crippen LogP contribution in [0.15, 0.2) is 23.7 Å². The standard InChI is InChI=1S/C14H17NO7/c16-14(21-10-3-1-9(2-4-10)15(17)18)22-12-6-8-20-13-11(12)5-7-19-13/h6,8-10,13H,1-5,7H2/t9?,10?,13-/m0/s1. The molecule has 8 nitrogen and oxygen atoms in total. The van der Waals surface area contributed by atoms with Gasteiger partial charge in [0.25, 0.3) is 0 Å². The largest absolute Gasteiger partial charge is 0.514 e. The Bertz CT molecular complexity index is 519. The maximum Gasteiger partial charge on any atom is 0.514 e. The van der Waals surface area contributed by atoms with Gasteiger partial charge in [0.15, 0.2) is 0 Å². The van der Waals surface area contributed by atoms with E-state index < -0.39 is 18.5 Å². The van der Waals surface area contributed by atoms with Crippen molar-refractivity contribution in [3.05, 3.63) is 33.8 Å².